The van der Waals surface area contributed by atoms with Crippen LogP contribution in [0.1, 0.15) is 162 Å². The smallest absolute Gasteiger partial charge is 0.472 e. The van der Waals surface area contributed by atoms with Gasteiger partial charge in [-0.05, 0) is 51.4 Å². The third-order valence-electron chi connectivity index (χ3n) is 8.34. The van der Waals surface area contributed by atoms with Crippen molar-refractivity contribution >= 4 is 25.7 Å². The summed E-state index contributed by atoms with van der Waals surface area (Å²) in [4.78, 5) is 45.8. The number of hydrogen-bond donors (Lipinski definition) is 3. The van der Waals surface area contributed by atoms with Crippen LogP contribution in [0.3, 0.4) is 0 Å². The number of unbranched alkanes of at least 4 members (excludes halogenated alkanes) is 15. The molecule has 0 bridgehead atoms. The summed E-state index contributed by atoms with van der Waals surface area (Å²) >= 11 is 0. The highest BCUT2D eigenvalue weighted by atomic mass is 31.2. The minimum absolute atomic E-state index is 0.109. The number of esters is 2. The maximum absolute atomic E-state index is 12.6. The van der Waals surface area contributed by atoms with E-state index in [-0.39, 0.29) is 19.4 Å². The van der Waals surface area contributed by atoms with Crippen molar-refractivity contribution in [2.75, 3.05) is 19.8 Å². The maximum atomic E-state index is 12.6. The molecule has 0 aromatic heterocycles. The number of carboxylic acids is 1. The van der Waals surface area contributed by atoms with Crippen molar-refractivity contribution in [1.29, 1.82) is 0 Å². The Labute approximate surface area is 320 Å². The molecular weight excluding hydrogens is 697 g/mol. The van der Waals surface area contributed by atoms with E-state index < -0.39 is 51.1 Å². The Morgan fingerprint density at radius 1 is 0.604 bits per heavy atom. The van der Waals surface area contributed by atoms with Gasteiger partial charge >= 0.3 is 25.7 Å². The van der Waals surface area contributed by atoms with Crippen LogP contribution in [0.5, 0.6) is 0 Å². The van der Waals surface area contributed by atoms with Crippen LogP contribution in [0.4, 0.5) is 0 Å². The van der Waals surface area contributed by atoms with Crippen LogP contribution in [0.25, 0.3) is 0 Å². The first-order valence-electron chi connectivity index (χ1n) is 20.2. The highest BCUT2D eigenvalue weighted by Gasteiger charge is 2.28. The van der Waals surface area contributed by atoms with E-state index in [9.17, 15) is 23.8 Å². The van der Waals surface area contributed by atoms with Gasteiger partial charge in [0, 0.05) is 12.8 Å². The highest BCUT2D eigenvalue weighted by molar-refractivity contribution is 7.47. The zero-order valence-corrected chi connectivity index (χ0v) is 33.7. The van der Waals surface area contributed by atoms with Gasteiger partial charge in [0.25, 0.3) is 0 Å². The van der Waals surface area contributed by atoms with Crippen molar-refractivity contribution in [1.82, 2.24) is 0 Å². The van der Waals surface area contributed by atoms with Crippen molar-refractivity contribution in [3.05, 3.63) is 48.6 Å². The second-order valence-corrected chi connectivity index (χ2v) is 14.8. The number of phosphoric acid groups is 1. The number of allylic oxidation sites excluding steroid dienone is 8. The van der Waals surface area contributed by atoms with Crippen LogP contribution in [0, 0.1) is 0 Å². The minimum atomic E-state index is -4.72. The number of carboxylic acid groups (broad SMARTS) is 1. The Morgan fingerprint density at radius 3 is 1.58 bits per heavy atom. The Hall–Kier alpha value is -2.56. The van der Waals surface area contributed by atoms with Crippen molar-refractivity contribution in [2.24, 2.45) is 5.73 Å². The summed E-state index contributed by atoms with van der Waals surface area (Å²) in [7, 11) is -4.72. The molecule has 0 amide bonds. The van der Waals surface area contributed by atoms with E-state index in [4.69, 9.17) is 24.8 Å². The Kier molecular flexibility index (Phi) is 34.7. The molecule has 0 aromatic carbocycles. The van der Waals surface area contributed by atoms with Crippen LogP contribution in [0.15, 0.2) is 48.6 Å². The van der Waals surface area contributed by atoms with E-state index in [0.717, 1.165) is 57.8 Å². The zero-order chi connectivity index (χ0) is 39.3. The number of aliphatic carboxylic acids is 1. The van der Waals surface area contributed by atoms with Crippen LogP contribution in [0.2, 0.25) is 0 Å². The molecule has 0 aromatic rings. The van der Waals surface area contributed by atoms with E-state index in [0.29, 0.717) is 12.8 Å². The predicted molar refractivity (Wildman–Crippen MR) is 212 cm³/mol. The van der Waals surface area contributed by atoms with Gasteiger partial charge in [-0.1, -0.05) is 146 Å². The Balaban J connectivity index is 4.48. The molecule has 306 valence electrons. The third kappa shape index (κ3) is 36.2. The lowest BCUT2D eigenvalue weighted by Gasteiger charge is -2.20. The van der Waals surface area contributed by atoms with E-state index in [1.165, 1.54) is 64.2 Å². The fraction of sp³-hybridized carbons (Fsp3) is 0.732. The van der Waals surface area contributed by atoms with E-state index >= 15 is 0 Å². The van der Waals surface area contributed by atoms with Gasteiger partial charge in [-0.15, -0.1) is 0 Å². The summed E-state index contributed by atoms with van der Waals surface area (Å²) in [5.41, 5.74) is 5.32. The third-order valence-corrected chi connectivity index (χ3v) is 9.29. The average molecular weight is 770 g/mol. The molecule has 12 heteroatoms. The highest BCUT2D eigenvalue weighted by Crippen LogP contribution is 2.43. The Morgan fingerprint density at radius 2 is 1.06 bits per heavy atom. The zero-order valence-electron chi connectivity index (χ0n) is 32.8. The molecule has 53 heavy (non-hydrogen) atoms. The molecule has 3 unspecified atom stereocenters. The number of carbonyl (C=O) groups excluding carboxylic acids is 2. The van der Waals surface area contributed by atoms with Crippen LogP contribution in [-0.4, -0.2) is 59.9 Å². The van der Waals surface area contributed by atoms with Gasteiger partial charge in [-0.2, -0.15) is 0 Å². The van der Waals surface area contributed by atoms with Crippen molar-refractivity contribution in [2.45, 2.75) is 174 Å². The molecule has 4 N–H and O–H groups in total. The number of ether oxygens (including phenoxy) is 2. The molecule has 11 nitrogen and oxygen atoms in total. The van der Waals surface area contributed by atoms with Gasteiger partial charge in [0.1, 0.15) is 12.6 Å². The van der Waals surface area contributed by atoms with Crippen LogP contribution >= 0.6 is 7.82 Å². The molecule has 0 aliphatic carbocycles. The molecule has 0 saturated heterocycles. The molecule has 0 saturated carbocycles. The number of phosphoric ester groups is 1. The first-order chi connectivity index (χ1) is 25.6. The quantitative estimate of drug-likeness (QED) is 0.0238. The number of carbonyl (C=O) groups is 3. The topological polar surface area (TPSA) is 172 Å². The summed E-state index contributed by atoms with van der Waals surface area (Å²) in [6.07, 6.45) is 39.0. The standard InChI is InChI=1S/C41H72NO10P/c1-3-5-7-9-11-13-15-17-19-21-23-25-27-29-31-33-40(44)52-37(35-50-53(47,48)51-36-38(42)41(45)46)34-49-39(43)32-30-28-26-24-22-20-18-16-14-12-10-8-6-4-2/h5,7,11,13,17,19,23,25,37-38H,3-4,6,8-10,12,14-16,18,20-22,24,26-36,42H2,1-2H3,(H,45,46)(H,47,48)/b7-5-,13-11-,19-17-,25-23-. The predicted octanol–water partition coefficient (Wildman–Crippen LogP) is 10.2. The number of hydrogen-bond acceptors (Lipinski definition) is 9. The molecule has 0 radical (unpaired) electrons. The molecule has 0 rings (SSSR count). The average Bonchev–Trinajstić information content (AvgIpc) is 3.13. The lowest BCUT2D eigenvalue weighted by Crippen LogP contribution is -2.34. The van der Waals surface area contributed by atoms with Crippen LogP contribution in [-0.2, 0) is 37.5 Å². The maximum Gasteiger partial charge on any atom is 0.472 e. The van der Waals surface area contributed by atoms with E-state index in [1.54, 1.807) is 0 Å². The van der Waals surface area contributed by atoms with E-state index in [1.807, 2.05) is 0 Å². The van der Waals surface area contributed by atoms with Gasteiger partial charge in [0.05, 0.1) is 13.2 Å². The van der Waals surface area contributed by atoms with Crippen molar-refractivity contribution < 1.29 is 47.5 Å². The summed E-state index contributed by atoms with van der Waals surface area (Å²) < 4.78 is 32.6. The van der Waals surface area contributed by atoms with E-state index in [2.05, 4.69) is 67.0 Å². The lowest BCUT2D eigenvalue weighted by atomic mass is 10.0. The number of rotatable bonds is 37. The largest absolute Gasteiger partial charge is 0.480 e. The lowest BCUT2D eigenvalue weighted by molar-refractivity contribution is -0.161. The van der Waals surface area contributed by atoms with Gasteiger partial charge in [0.2, 0.25) is 0 Å². The second-order valence-electron chi connectivity index (χ2n) is 13.4. The first-order valence-corrected chi connectivity index (χ1v) is 21.7. The van der Waals surface area contributed by atoms with Gasteiger partial charge in [-0.25, -0.2) is 4.57 Å². The van der Waals surface area contributed by atoms with Gasteiger partial charge < -0.3 is 25.2 Å². The van der Waals surface area contributed by atoms with Crippen molar-refractivity contribution in [3.63, 3.8) is 0 Å². The summed E-state index contributed by atoms with van der Waals surface area (Å²) in [6, 6.07) is -1.53. The molecule has 3 atom stereocenters. The minimum Gasteiger partial charge on any atom is -0.480 e. The molecular formula is C41H72NO10P. The summed E-state index contributed by atoms with van der Waals surface area (Å²) in [6.45, 7) is 2.63. The Bertz CT molecular complexity index is 1090. The molecule has 0 fully saturated rings. The van der Waals surface area contributed by atoms with Crippen molar-refractivity contribution in [3.8, 4) is 0 Å². The SMILES string of the molecule is CC/C=C\C/C=C\C/C=C\C/C=C\CCCCC(=O)OC(COC(=O)CCCCCCCCCCCCCCCC)COP(=O)(O)OCC(N)C(=O)O. The molecule has 0 heterocycles. The van der Waals surface area contributed by atoms with Gasteiger partial charge in [0.15, 0.2) is 6.10 Å². The number of nitrogens with two attached hydrogens (primary N) is 1. The monoisotopic (exact) mass is 769 g/mol. The second kappa shape index (κ2) is 36.4. The molecule has 0 aliphatic rings. The molecule has 0 spiro atoms. The molecule has 0 aliphatic heterocycles. The van der Waals surface area contributed by atoms with Gasteiger partial charge in [-0.3, -0.25) is 23.4 Å². The fourth-order valence-corrected chi connectivity index (χ4v) is 5.95. The summed E-state index contributed by atoms with van der Waals surface area (Å²) in [5.74, 6) is -2.43. The first kappa shape index (κ1) is 50.4. The normalized spacial score (nSPS) is 14.3. The van der Waals surface area contributed by atoms with Crippen LogP contribution < -0.4 is 5.73 Å². The summed E-state index contributed by atoms with van der Waals surface area (Å²) in [5, 5.41) is 8.87. The fourth-order valence-electron chi connectivity index (χ4n) is 5.17.